The lowest BCUT2D eigenvalue weighted by molar-refractivity contribution is -0.194. The number of nitrogens with zero attached hydrogens (tertiary/aromatic N) is 1. The summed E-state index contributed by atoms with van der Waals surface area (Å²) >= 11 is 0. The van der Waals surface area contributed by atoms with E-state index in [2.05, 4.69) is 10.3 Å². The molecule has 1 aliphatic heterocycles. The largest absolute Gasteiger partial charge is 0.493 e. The van der Waals surface area contributed by atoms with E-state index in [4.69, 9.17) is 28.4 Å². The van der Waals surface area contributed by atoms with Crippen molar-refractivity contribution in [2.45, 2.75) is 65.6 Å². The molecule has 5 unspecified atom stereocenters. The summed E-state index contributed by atoms with van der Waals surface area (Å²) in [6.45, 7) is 7.21. The zero-order valence-electron chi connectivity index (χ0n) is 25.7. The number of cyclic esters (lactones) is 1. The first-order valence-corrected chi connectivity index (χ1v) is 14.3. The average Bonchev–Trinajstić information content (AvgIpc) is 3.03. The van der Waals surface area contributed by atoms with Crippen LogP contribution in [0.3, 0.4) is 0 Å². The third-order valence-electron chi connectivity index (χ3n) is 6.78. The maximum Gasteiger partial charge on any atom is 0.313 e. The minimum Gasteiger partial charge on any atom is -0.493 e. The minimum atomic E-state index is -1.68. The summed E-state index contributed by atoms with van der Waals surface area (Å²) in [5.74, 6) is -4.41. The van der Waals surface area contributed by atoms with Gasteiger partial charge in [-0.1, -0.05) is 58.0 Å². The lowest BCUT2D eigenvalue weighted by Crippen LogP contribution is -2.49. The molecule has 1 amide bonds. The molecule has 1 aromatic carbocycles. The van der Waals surface area contributed by atoms with Crippen molar-refractivity contribution in [3.63, 3.8) is 0 Å². The molecule has 1 aliphatic rings. The van der Waals surface area contributed by atoms with E-state index < -0.39 is 79.5 Å². The second kappa shape index (κ2) is 16.0. The Balaban J connectivity index is 1.85. The van der Waals surface area contributed by atoms with Crippen molar-refractivity contribution in [3.05, 3.63) is 53.9 Å². The lowest BCUT2D eigenvalue weighted by Gasteiger charge is -2.31. The monoisotopic (exact) mass is 616 g/mol. The molecule has 44 heavy (non-hydrogen) atoms. The van der Waals surface area contributed by atoms with Crippen LogP contribution in [0, 0.1) is 17.8 Å². The van der Waals surface area contributed by atoms with E-state index >= 15 is 0 Å². The number of nitrogens with one attached hydrogen (secondary N) is 1. The number of aliphatic hydroxyl groups excluding tert-OH is 1. The van der Waals surface area contributed by atoms with Gasteiger partial charge in [-0.05, 0) is 18.9 Å². The zero-order valence-corrected chi connectivity index (χ0v) is 25.7. The lowest BCUT2D eigenvalue weighted by atomic mass is 9.91. The van der Waals surface area contributed by atoms with Gasteiger partial charge in [-0.3, -0.25) is 19.2 Å². The highest BCUT2D eigenvalue weighted by Gasteiger charge is 2.42. The predicted octanol–water partition coefficient (Wildman–Crippen LogP) is 2.43. The van der Waals surface area contributed by atoms with Crippen molar-refractivity contribution in [2.24, 2.45) is 17.8 Å². The Labute approximate surface area is 256 Å². The molecule has 0 aliphatic carbocycles. The molecule has 240 valence electrons. The molecule has 1 fully saturated rings. The number of carbonyl (C=O) groups is 4. The molecule has 1 aromatic heterocycles. The van der Waals surface area contributed by atoms with Crippen LogP contribution in [0.5, 0.6) is 11.5 Å². The van der Waals surface area contributed by atoms with Crippen LogP contribution in [-0.4, -0.2) is 79.0 Å². The number of hydrogen-bond donors (Lipinski definition) is 2. The first-order valence-electron chi connectivity index (χ1n) is 14.3. The first-order chi connectivity index (χ1) is 20.9. The fourth-order valence-corrected chi connectivity index (χ4v) is 4.29. The predicted molar refractivity (Wildman–Crippen MR) is 154 cm³/mol. The number of amides is 1. The molecule has 0 bridgehead atoms. The molecule has 0 saturated carbocycles. The normalized spacial score (nSPS) is 22.2. The van der Waals surface area contributed by atoms with Crippen molar-refractivity contribution in [3.8, 4) is 11.5 Å². The fraction of sp³-hybridized carbons (Fsp3) is 0.516. The zero-order chi connectivity index (χ0) is 32.4. The smallest absolute Gasteiger partial charge is 0.313 e. The number of carbonyl (C=O) groups excluding carboxylic acids is 4. The van der Waals surface area contributed by atoms with Gasteiger partial charge in [0, 0.05) is 12.3 Å². The number of aromatic nitrogens is 1. The molecule has 5 atom stereocenters. The molecule has 3 rings (SSSR count). The SMILES string of the molecule is COc1ccnc(C(=O)NC2COC(=O)C(Cc3ccccc3)C(OC(=O)C(C)C)C(C)OC2O)c1OCOC(=O)C(C)C. The van der Waals surface area contributed by atoms with E-state index in [1.807, 2.05) is 30.3 Å². The van der Waals surface area contributed by atoms with Crippen LogP contribution in [0.2, 0.25) is 0 Å². The Morgan fingerprint density at radius 1 is 1.07 bits per heavy atom. The Morgan fingerprint density at radius 3 is 2.39 bits per heavy atom. The van der Waals surface area contributed by atoms with Gasteiger partial charge in [0.25, 0.3) is 5.91 Å². The summed E-state index contributed by atoms with van der Waals surface area (Å²) in [6, 6.07) is 9.32. The molecule has 13 heteroatoms. The van der Waals surface area contributed by atoms with Gasteiger partial charge in [-0.25, -0.2) is 4.98 Å². The summed E-state index contributed by atoms with van der Waals surface area (Å²) < 4.78 is 33.0. The van der Waals surface area contributed by atoms with Gasteiger partial charge in [-0.2, -0.15) is 0 Å². The third kappa shape index (κ3) is 9.13. The maximum atomic E-state index is 13.4. The van der Waals surface area contributed by atoms with E-state index in [1.165, 1.54) is 19.4 Å². The van der Waals surface area contributed by atoms with Gasteiger partial charge in [-0.15, -0.1) is 0 Å². The quantitative estimate of drug-likeness (QED) is 0.215. The van der Waals surface area contributed by atoms with Crippen molar-refractivity contribution in [2.75, 3.05) is 20.5 Å². The molecule has 0 spiro atoms. The van der Waals surface area contributed by atoms with Crippen LogP contribution in [0.15, 0.2) is 42.6 Å². The second-order valence-electron chi connectivity index (χ2n) is 10.9. The van der Waals surface area contributed by atoms with Gasteiger partial charge >= 0.3 is 17.9 Å². The van der Waals surface area contributed by atoms with Crippen molar-refractivity contribution >= 4 is 23.8 Å². The third-order valence-corrected chi connectivity index (χ3v) is 6.78. The number of hydrogen-bond acceptors (Lipinski definition) is 12. The number of benzene rings is 1. The minimum absolute atomic E-state index is 0.114. The molecule has 0 radical (unpaired) electrons. The number of pyridine rings is 1. The summed E-state index contributed by atoms with van der Waals surface area (Å²) in [6.07, 6.45) is -2.28. The Morgan fingerprint density at radius 2 is 1.75 bits per heavy atom. The Hall–Kier alpha value is -4.23. The van der Waals surface area contributed by atoms with Crippen LogP contribution in [0.25, 0.3) is 0 Å². The van der Waals surface area contributed by atoms with E-state index in [1.54, 1.807) is 34.6 Å². The second-order valence-corrected chi connectivity index (χ2v) is 10.9. The number of aliphatic hydroxyl groups is 1. The molecule has 2 heterocycles. The number of esters is 3. The number of rotatable bonds is 11. The van der Waals surface area contributed by atoms with Crippen molar-refractivity contribution in [1.29, 1.82) is 0 Å². The molecule has 1 saturated heterocycles. The van der Waals surface area contributed by atoms with Gasteiger partial charge in [0.1, 0.15) is 24.7 Å². The summed E-state index contributed by atoms with van der Waals surface area (Å²) in [5.41, 5.74) is 0.551. The summed E-state index contributed by atoms with van der Waals surface area (Å²) in [7, 11) is 1.36. The van der Waals surface area contributed by atoms with Crippen molar-refractivity contribution in [1.82, 2.24) is 10.3 Å². The van der Waals surface area contributed by atoms with Crippen LogP contribution in [-0.2, 0) is 39.8 Å². The molecular weight excluding hydrogens is 576 g/mol. The highest BCUT2D eigenvalue weighted by molar-refractivity contribution is 5.96. The molecule has 13 nitrogen and oxygen atoms in total. The van der Waals surface area contributed by atoms with E-state index in [0.29, 0.717) is 0 Å². The van der Waals surface area contributed by atoms with Gasteiger partial charge in [0.15, 0.2) is 23.5 Å². The standard InChI is InChI=1S/C31H40N2O11/c1-17(2)28(35)42-16-41-26-23(39-6)12-13-32-24(26)27(34)33-22-15-40-30(37)21(14-20-10-8-7-9-11-20)25(19(5)43-31(22)38)44-29(36)18(3)4/h7-13,17-19,21-22,25,31,38H,14-16H2,1-6H3,(H,33,34). The van der Waals surface area contributed by atoms with Gasteiger partial charge in [0.05, 0.1) is 25.0 Å². The number of ether oxygens (including phenoxy) is 6. The van der Waals surface area contributed by atoms with E-state index in [0.717, 1.165) is 5.56 Å². The maximum absolute atomic E-state index is 13.4. The topological polar surface area (TPSA) is 169 Å². The van der Waals surface area contributed by atoms with Crippen molar-refractivity contribution < 1.29 is 52.7 Å². The van der Waals surface area contributed by atoms with E-state index in [-0.39, 0.29) is 23.6 Å². The highest BCUT2D eigenvalue weighted by Crippen LogP contribution is 2.30. The first kappa shape index (κ1) is 34.3. The summed E-state index contributed by atoms with van der Waals surface area (Å²) in [4.78, 5) is 55.4. The highest BCUT2D eigenvalue weighted by atomic mass is 16.7. The molecular formula is C31H40N2O11. The van der Waals surface area contributed by atoms with Crippen LogP contribution >= 0.6 is 0 Å². The van der Waals surface area contributed by atoms with Crippen LogP contribution in [0.4, 0.5) is 0 Å². The Kier molecular flexibility index (Phi) is 12.5. The molecule has 2 aromatic rings. The molecule has 2 N–H and O–H groups in total. The van der Waals surface area contributed by atoms with Crippen LogP contribution in [0.1, 0.15) is 50.7 Å². The van der Waals surface area contributed by atoms with E-state index in [9.17, 15) is 24.3 Å². The van der Waals surface area contributed by atoms with Crippen LogP contribution < -0.4 is 14.8 Å². The van der Waals surface area contributed by atoms with Gasteiger partial charge in [0.2, 0.25) is 6.79 Å². The Bertz CT molecular complexity index is 1280. The average molecular weight is 617 g/mol. The number of methoxy groups -OCH3 is 1. The van der Waals surface area contributed by atoms with Gasteiger partial charge < -0.3 is 38.8 Å². The summed E-state index contributed by atoms with van der Waals surface area (Å²) in [5, 5.41) is 13.6. The fourth-order valence-electron chi connectivity index (χ4n) is 4.29.